The Morgan fingerprint density at radius 3 is 2.58 bits per heavy atom. The van der Waals surface area contributed by atoms with Crippen molar-refractivity contribution < 1.29 is 19.4 Å². The zero-order valence-electron chi connectivity index (χ0n) is 17.8. The summed E-state index contributed by atoms with van der Waals surface area (Å²) in [6, 6.07) is 18.9. The molecule has 1 N–H and O–H groups in total. The highest BCUT2D eigenvalue weighted by atomic mass is 16.6. The highest BCUT2D eigenvalue weighted by molar-refractivity contribution is 5.85. The van der Waals surface area contributed by atoms with Gasteiger partial charge in [-0.2, -0.15) is 5.26 Å². The van der Waals surface area contributed by atoms with E-state index in [1.165, 1.54) is 0 Å². The van der Waals surface area contributed by atoms with Crippen LogP contribution in [-0.4, -0.2) is 42.0 Å². The predicted molar refractivity (Wildman–Crippen MR) is 118 cm³/mol. The van der Waals surface area contributed by atoms with Gasteiger partial charge in [0.15, 0.2) is 0 Å². The highest BCUT2D eigenvalue weighted by Crippen LogP contribution is 2.30. The maximum absolute atomic E-state index is 12.4. The van der Waals surface area contributed by atoms with Crippen molar-refractivity contribution >= 4 is 11.8 Å². The summed E-state index contributed by atoms with van der Waals surface area (Å²) in [5.74, 6) is 0. The molecular weight excluding hydrogens is 392 g/mol. The zero-order chi connectivity index (χ0) is 22.1. The average molecular weight is 421 g/mol. The lowest BCUT2D eigenvalue weighted by molar-refractivity contribution is 0.112. The lowest BCUT2D eigenvalue weighted by atomic mass is 9.97. The van der Waals surface area contributed by atoms with E-state index in [2.05, 4.69) is 13.0 Å². The Morgan fingerprint density at radius 2 is 1.97 bits per heavy atom. The molecule has 162 valence electrons. The SMILES string of the molecule is CCCCC(O)/C(COCc1ccccc1)=C(\c1ccc(C#N)cc1)N1CCOC1=O. The van der Waals surface area contributed by atoms with Crippen molar-refractivity contribution in [3.05, 3.63) is 76.9 Å². The van der Waals surface area contributed by atoms with Crippen molar-refractivity contribution in [1.29, 1.82) is 5.26 Å². The van der Waals surface area contributed by atoms with E-state index in [0.29, 0.717) is 43.0 Å². The minimum absolute atomic E-state index is 0.179. The first-order chi connectivity index (χ1) is 15.1. The number of aliphatic hydroxyl groups is 1. The van der Waals surface area contributed by atoms with Gasteiger partial charge in [0.2, 0.25) is 0 Å². The summed E-state index contributed by atoms with van der Waals surface area (Å²) in [6.07, 6.45) is 1.18. The van der Waals surface area contributed by atoms with E-state index < -0.39 is 12.2 Å². The number of aliphatic hydroxyl groups excluding tert-OH is 1. The fourth-order valence-electron chi connectivity index (χ4n) is 3.56. The van der Waals surface area contributed by atoms with E-state index in [1.54, 1.807) is 29.2 Å². The molecule has 0 aliphatic carbocycles. The van der Waals surface area contributed by atoms with Crippen LogP contribution in [0.4, 0.5) is 4.79 Å². The first-order valence-corrected chi connectivity index (χ1v) is 10.6. The molecule has 1 atom stereocenters. The number of benzene rings is 2. The number of hydrogen-bond acceptors (Lipinski definition) is 5. The van der Waals surface area contributed by atoms with E-state index in [9.17, 15) is 9.90 Å². The first kappa shape index (κ1) is 22.5. The van der Waals surface area contributed by atoms with Gasteiger partial charge in [0, 0.05) is 5.57 Å². The smallest absolute Gasteiger partial charge is 0.414 e. The summed E-state index contributed by atoms with van der Waals surface area (Å²) < 4.78 is 11.2. The molecule has 0 radical (unpaired) electrons. The maximum atomic E-state index is 12.4. The molecule has 0 bridgehead atoms. The molecule has 1 heterocycles. The number of nitriles is 1. The number of unbranched alkanes of at least 4 members (excludes halogenated alkanes) is 1. The molecule has 0 aromatic heterocycles. The third-order valence-electron chi connectivity index (χ3n) is 5.22. The van der Waals surface area contributed by atoms with E-state index in [0.717, 1.165) is 24.0 Å². The van der Waals surface area contributed by atoms with Crippen molar-refractivity contribution in [2.75, 3.05) is 19.8 Å². The van der Waals surface area contributed by atoms with Crippen LogP contribution in [0, 0.1) is 11.3 Å². The monoisotopic (exact) mass is 420 g/mol. The van der Waals surface area contributed by atoms with E-state index in [1.807, 2.05) is 30.3 Å². The molecule has 6 heteroatoms. The molecular formula is C25H28N2O4. The zero-order valence-corrected chi connectivity index (χ0v) is 17.8. The molecule has 2 aromatic carbocycles. The highest BCUT2D eigenvalue weighted by Gasteiger charge is 2.30. The van der Waals surface area contributed by atoms with Gasteiger partial charge in [-0.05, 0) is 29.7 Å². The van der Waals surface area contributed by atoms with Crippen molar-refractivity contribution in [2.45, 2.75) is 38.9 Å². The minimum atomic E-state index is -0.755. The second-order valence-corrected chi connectivity index (χ2v) is 7.47. The van der Waals surface area contributed by atoms with E-state index in [-0.39, 0.29) is 6.61 Å². The van der Waals surface area contributed by atoms with Crippen molar-refractivity contribution in [3.63, 3.8) is 0 Å². The maximum Gasteiger partial charge on any atom is 0.414 e. The third-order valence-corrected chi connectivity index (χ3v) is 5.22. The Kier molecular flexibility index (Phi) is 8.22. The van der Waals surface area contributed by atoms with E-state index >= 15 is 0 Å². The number of nitrogens with zero attached hydrogens (tertiary/aromatic N) is 2. The van der Waals surface area contributed by atoms with Gasteiger partial charge < -0.3 is 14.6 Å². The molecule has 31 heavy (non-hydrogen) atoms. The lowest BCUT2D eigenvalue weighted by Gasteiger charge is -2.25. The molecule has 1 amide bonds. The van der Waals surface area contributed by atoms with Gasteiger partial charge in [-0.3, -0.25) is 4.90 Å². The largest absolute Gasteiger partial charge is 0.447 e. The number of ether oxygens (including phenoxy) is 2. The van der Waals surface area contributed by atoms with Crippen LogP contribution in [0.25, 0.3) is 5.70 Å². The first-order valence-electron chi connectivity index (χ1n) is 10.6. The van der Waals surface area contributed by atoms with Crippen LogP contribution in [0.3, 0.4) is 0 Å². The van der Waals surface area contributed by atoms with Gasteiger partial charge in [-0.15, -0.1) is 0 Å². The molecule has 0 spiro atoms. The third kappa shape index (κ3) is 5.94. The number of hydrogen-bond donors (Lipinski definition) is 1. The Hall–Kier alpha value is -3.14. The van der Waals surface area contributed by atoms with Gasteiger partial charge >= 0.3 is 6.09 Å². The normalized spacial score (nSPS) is 15.3. The van der Waals surface area contributed by atoms with Crippen LogP contribution in [0.1, 0.15) is 42.9 Å². The second-order valence-electron chi connectivity index (χ2n) is 7.47. The van der Waals surface area contributed by atoms with E-state index in [4.69, 9.17) is 14.7 Å². The van der Waals surface area contributed by atoms with Gasteiger partial charge in [0.25, 0.3) is 0 Å². The minimum Gasteiger partial charge on any atom is -0.447 e. The van der Waals surface area contributed by atoms with Gasteiger partial charge in [0.05, 0.1) is 43.2 Å². The predicted octanol–water partition coefficient (Wildman–Crippen LogP) is 4.49. The van der Waals surface area contributed by atoms with Crippen LogP contribution in [0.15, 0.2) is 60.2 Å². The quantitative estimate of drug-likeness (QED) is 0.612. The van der Waals surface area contributed by atoms with Crippen molar-refractivity contribution in [3.8, 4) is 6.07 Å². The molecule has 1 saturated heterocycles. The molecule has 3 rings (SSSR count). The number of carbonyl (C=O) groups excluding carboxylic acids is 1. The average Bonchev–Trinajstić information content (AvgIpc) is 3.23. The van der Waals surface area contributed by atoms with Crippen LogP contribution >= 0.6 is 0 Å². The van der Waals surface area contributed by atoms with Crippen LogP contribution < -0.4 is 0 Å². The van der Waals surface area contributed by atoms with Crippen LogP contribution in [-0.2, 0) is 16.1 Å². The van der Waals surface area contributed by atoms with Crippen molar-refractivity contribution in [1.82, 2.24) is 4.90 Å². The summed E-state index contributed by atoms with van der Waals surface area (Å²) in [5.41, 5.74) is 3.55. The molecule has 1 aliphatic rings. The van der Waals surface area contributed by atoms with Gasteiger partial charge in [0.1, 0.15) is 6.61 Å². The summed E-state index contributed by atoms with van der Waals surface area (Å²) >= 11 is 0. The Labute approximate surface area is 183 Å². The molecule has 1 fully saturated rings. The van der Waals surface area contributed by atoms with Crippen LogP contribution in [0.2, 0.25) is 0 Å². The van der Waals surface area contributed by atoms with Gasteiger partial charge in [-0.25, -0.2) is 4.79 Å². The number of cyclic esters (lactones) is 1. The number of carbonyl (C=O) groups is 1. The van der Waals surface area contributed by atoms with Gasteiger partial charge in [-0.1, -0.05) is 62.2 Å². The lowest BCUT2D eigenvalue weighted by Crippen LogP contribution is -2.28. The summed E-state index contributed by atoms with van der Waals surface area (Å²) in [5, 5.41) is 20.2. The number of rotatable bonds is 10. The standard InChI is InChI=1S/C25H28N2O4/c1-2-3-9-23(28)22(18-30-17-20-7-5-4-6-8-20)24(27-14-15-31-25(27)29)21-12-10-19(16-26)11-13-21/h4-8,10-13,23,28H,2-3,9,14-15,17-18H2,1H3/b24-22+. The number of amides is 1. The molecule has 0 saturated carbocycles. The fraction of sp³-hybridized carbons (Fsp3) is 0.360. The summed E-state index contributed by atoms with van der Waals surface area (Å²) in [4.78, 5) is 14.0. The van der Waals surface area contributed by atoms with Crippen LogP contribution in [0.5, 0.6) is 0 Å². The molecule has 1 aliphatic heterocycles. The second kappa shape index (κ2) is 11.3. The molecule has 1 unspecified atom stereocenters. The van der Waals surface area contributed by atoms with Crippen molar-refractivity contribution in [2.24, 2.45) is 0 Å². The molecule has 2 aromatic rings. The Bertz CT molecular complexity index is 932. The summed E-state index contributed by atoms with van der Waals surface area (Å²) in [7, 11) is 0. The fourth-order valence-corrected chi connectivity index (χ4v) is 3.56. The topological polar surface area (TPSA) is 82.8 Å². The Morgan fingerprint density at radius 1 is 1.23 bits per heavy atom. The Balaban J connectivity index is 1.97. The molecule has 6 nitrogen and oxygen atoms in total. The summed E-state index contributed by atoms with van der Waals surface area (Å²) in [6.45, 7) is 3.34.